The fourth-order valence-electron chi connectivity index (χ4n) is 2.57. The minimum atomic E-state index is 0.727. The number of hydrogen-bond acceptors (Lipinski definition) is 0. The minimum Gasteiger partial charge on any atom is -0.0885 e. The van der Waals surface area contributed by atoms with Crippen molar-refractivity contribution in [3.8, 4) is 0 Å². The van der Waals surface area contributed by atoms with E-state index in [-0.39, 0.29) is 0 Å². The number of rotatable bonds is 2. The van der Waals surface area contributed by atoms with Gasteiger partial charge in [0.1, 0.15) is 0 Å². The molecule has 0 aliphatic heterocycles. The molecule has 4 unspecified atom stereocenters. The second kappa shape index (κ2) is 4.82. The molecule has 0 spiro atoms. The molecule has 1 aliphatic carbocycles. The lowest BCUT2D eigenvalue weighted by molar-refractivity contribution is 0.167. The number of halogens is 1. The highest BCUT2D eigenvalue weighted by molar-refractivity contribution is 9.09. The molecule has 0 N–H and O–H groups in total. The molecule has 0 bridgehead atoms. The van der Waals surface area contributed by atoms with Crippen LogP contribution in [0.3, 0.4) is 0 Å². The van der Waals surface area contributed by atoms with Gasteiger partial charge < -0.3 is 0 Å². The molecule has 1 saturated carbocycles. The van der Waals surface area contributed by atoms with Crippen molar-refractivity contribution in [1.82, 2.24) is 0 Å². The van der Waals surface area contributed by atoms with Crippen LogP contribution in [0.25, 0.3) is 0 Å². The second-order valence-electron chi connectivity index (χ2n) is 5.12. The first kappa shape index (κ1) is 11.6. The Morgan fingerprint density at radius 3 is 2.31 bits per heavy atom. The Balaban J connectivity index is 2.57. The van der Waals surface area contributed by atoms with Crippen LogP contribution in [0.2, 0.25) is 0 Å². The van der Waals surface area contributed by atoms with Gasteiger partial charge in [-0.1, -0.05) is 56.5 Å². The predicted molar refractivity (Wildman–Crippen MR) is 63.2 cm³/mol. The van der Waals surface area contributed by atoms with Gasteiger partial charge in [-0.2, -0.15) is 0 Å². The van der Waals surface area contributed by atoms with Crippen LogP contribution in [-0.2, 0) is 0 Å². The van der Waals surface area contributed by atoms with Crippen LogP contribution in [0.1, 0.15) is 47.0 Å². The highest BCUT2D eigenvalue weighted by Crippen LogP contribution is 2.40. The molecule has 0 aromatic rings. The SMILES string of the molecule is CC(C)C(Br)C1CCCC(C)C1C. The van der Waals surface area contributed by atoms with E-state index in [1.165, 1.54) is 19.3 Å². The third-order valence-electron chi connectivity index (χ3n) is 3.82. The van der Waals surface area contributed by atoms with Crippen LogP contribution in [0.15, 0.2) is 0 Å². The normalized spacial score (nSPS) is 37.8. The second-order valence-corrected chi connectivity index (χ2v) is 6.18. The number of hydrogen-bond donors (Lipinski definition) is 0. The van der Waals surface area contributed by atoms with Gasteiger partial charge in [0.05, 0.1) is 0 Å². The van der Waals surface area contributed by atoms with Gasteiger partial charge >= 0.3 is 0 Å². The maximum Gasteiger partial charge on any atom is 0.0199 e. The molecule has 1 fully saturated rings. The van der Waals surface area contributed by atoms with Crippen molar-refractivity contribution in [2.45, 2.75) is 51.8 Å². The summed E-state index contributed by atoms with van der Waals surface area (Å²) in [5.41, 5.74) is 0. The molecule has 0 radical (unpaired) electrons. The topological polar surface area (TPSA) is 0 Å². The fourth-order valence-corrected chi connectivity index (χ4v) is 3.31. The van der Waals surface area contributed by atoms with Crippen molar-refractivity contribution < 1.29 is 0 Å². The van der Waals surface area contributed by atoms with Crippen molar-refractivity contribution in [2.75, 3.05) is 0 Å². The molecule has 1 aliphatic rings. The Hall–Kier alpha value is 0.480. The Bertz CT molecular complexity index is 149. The standard InChI is InChI=1S/C12H23Br/c1-8(2)12(13)11-7-5-6-9(3)10(11)4/h8-12H,5-7H2,1-4H3. The van der Waals surface area contributed by atoms with Gasteiger partial charge in [0.2, 0.25) is 0 Å². The summed E-state index contributed by atoms with van der Waals surface area (Å²) in [6.07, 6.45) is 4.31. The lowest BCUT2D eigenvalue weighted by Crippen LogP contribution is -2.32. The van der Waals surface area contributed by atoms with E-state index in [4.69, 9.17) is 0 Å². The van der Waals surface area contributed by atoms with Crippen LogP contribution < -0.4 is 0 Å². The average molecular weight is 247 g/mol. The molecule has 0 aromatic heterocycles. The smallest absolute Gasteiger partial charge is 0.0199 e. The summed E-state index contributed by atoms with van der Waals surface area (Å²) in [5.74, 6) is 3.51. The molecular weight excluding hydrogens is 224 g/mol. The van der Waals surface area contributed by atoms with Gasteiger partial charge in [-0.3, -0.25) is 0 Å². The predicted octanol–water partition coefficient (Wildman–Crippen LogP) is 4.48. The summed E-state index contributed by atoms with van der Waals surface area (Å²) >= 11 is 3.87. The maximum absolute atomic E-state index is 3.87. The van der Waals surface area contributed by atoms with E-state index in [1.54, 1.807) is 0 Å². The third kappa shape index (κ3) is 2.71. The van der Waals surface area contributed by atoms with Gasteiger partial charge in [-0.05, 0) is 30.1 Å². The van der Waals surface area contributed by atoms with Crippen molar-refractivity contribution in [1.29, 1.82) is 0 Å². The molecule has 0 amide bonds. The van der Waals surface area contributed by atoms with E-state index >= 15 is 0 Å². The Morgan fingerprint density at radius 2 is 1.77 bits per heavy atom. The minimum absolute atomic E-state index is 0.727. The summed E-state index contributed by atoms with van der Waals surface area (Å²) in [4.78, 5) is 0.727. The largest absolute Gasteiger partial charge is 0.0885 e. The van der Waals surface area contributed by atoms with E-state index in [2.05, 4.69) is 43.6 Å². The van der Waals surface area contributed by atoms with Crippen molar-refractivity contribution in [3.63, 3.8) is 0 Å². The van der Waals surface area contributed by atoms with Crippen LogP contribution in [0.4, 0.5) is 0 Å². The first-order chi connectivity index (χ1) is 6.04. The molecule has 78 valence electrons. The Morgan fingerprint density at radius 1 is 1.15 bits per heavy atom. The van der Waals surface area contributed by atoms with Crippen molar-refractivity contribution in [2.24, 2.45) is 23.7 Å². The summed E-state index contributed by atoms with van der Waals surface area (Å²) in [6, 6.07) is 0. The van der Waals surface area contributed by atoms with Gasteiger partial charge in [0, 0.05) is 4.83 Å². The third-order valence-corrected chi connectivity index (χ3v) is 5.55. The van der Waals surface area contributed by atoms with Gasteiger partial charge in [0.15, 0.2) is 0 Å². The quantitative estimate of drug-likeness (QED) is 0.631. The lowest BCUT2D eigenvalue weighted by atomic mass is 9.71. The lowest BCUT2D eigenvalue weighted by Gasteiger charge is -2.38. The van der Waals surface area contributed by atoms with E-state index in [1.807, 2.05) is 0 Å². The van der Waals surface area contributed by atoms with E-state index in [0.717, 1.165) is 28.5 Å². The van der Waals surface area contributed by atoms with Crippen LogP contribution >= 0.6 is 15.9 Å². The molecule has 13 heavy (non-hydrogen) atoms. The Labute approximate surface area is 91.6 Å². The van der Waals surface area contributed by atoms with Gasteiger partial charge in [-0.15, -0.1) is 0 Å². The highest BCUT2D eigenvalue weighted by Gasteiger charge is 2.32. The van der Waals surface area contributed by atoms with E-state index in [9.17, 15) is 0 Å². The zero-order chi connectivity index (χ0) is 10.0. The van der Waals surface area contributed by atoms with E-state index < -0.39 is 0 Å². The molecule has 0 saturated heterocycles. The summed E-state index contributed by atoms with van der Waals surface area (Å²) in [5, 5.41) is 0. The molecule has 4 atom stereocenters. The zero-order valence-electron chi connectivity index (χ0n) is 9.39. The summed E-state index contributed by atoms with van der Waals surface area (Å²) in [6.45, 7) is 9.50. The molecule has 1 heteroatoms. The molecule has 0 heterocycles. The molecular formula is C12H23Br. The first-order valence-electron chi connectivity index (χ1n) is 5.68. The van der Waals surface area contributed by atoms with Gasteiger partial charge in [0.25, 0.3) is 0 Å². The van der Waals surface area contributed by atoms with Crippen molar-refractivity contribution in [3.05, 3.63) is 0 Å². The maximum atomic E-state index is 3.87. The monoisotopic (exact) mass is 246 g/mol. The van der Waals surface area contributed by atoms with Crippen LogP contribution in [0.5, 0.6) is 0 Å². The van der Waals surface area contributed by atoms with Crippen LogP contribution in [-0.4, -0.2) is 4.83 Å². The molecule has 0 aromatic carbocycles. The number of alkyl halides is 1. The molecule has 0 nitrogen and oxygen atoms in total. The Kier molecular flexibility index (Phi) is 4.28. The van der Waals surface area contributed by atoms with Crippen molar-refractivity contribution >= 4 is 15.9 Å². The highest BCUT2D eigenvalue weighted by atomic mass is 79.9. The average Bonchev–Trinajstić information content (AvgIpc) is 2.08. The first-order valence-corrected chi connectivity index (χ1v) is 6.59. The van der Waals surface area contributed by atoms with E-state index in [0.29, 0.717) is 0 Å². The van der Waals surface area contributed by atoms with Gasteiger partial charge in [-0.25, -0.2) is 0 Å². The zero-order valence-corrected chi connectivity index (χ0v) is 11.0. The summed E-state index contributed by atoms with van der Waals surface area (Å²) < 4.78 is 0. The summed E-state index contributed by atoms with van der Waals surface area (Å²) in [7, 11) is 0. The molecule has 1 rings (SSSR count). The fraction of sp³-hybridized carbons (Fsp3) is 1.00. The van der Waals surface area contributed by atoms with Crippen LogP contribution in [0, 0.1) is 23.7 Å².